The third-order valence-electron chi connectivity index (χ3n) is 3.34. The summed E-state index contributed by atoms with van der Waals surface area (Å²) in [6.07, 6.45) is 2.61. The highest BCUT2D eigenvalue weighted by Crippen LogP contribution is 2.20. The molecule has 1 saturated heterocycles. The minimum atomic E-state index is -0.446. The Kier molecular flexibility index (Phi) is 4.87. The Bertz CT molecular complexity index is 646. The van der Waals surface area contributed by atoms with Gasteiger partial charge in [-0.1, -0.05) is 0 Å². The van der Waals surface area contributed by atoms with Crippen LogP contribution in [0.15, 0.2) is 24.4 Å². The number of ether oxygens (including phenoxy) is 1. The molecule has 0 spiro atoms. The smallest absolute Gasteiger partial charge is 0.271 e. The lowest BCUT2D eigenvalue weighted by Gasteiger charge is -2.09. The summed E-state index contributed by atoms with van der Waals surface area (Å²) in [5, 5.41) is 14.0. The Morgan fingerprint density at radius 3 is 3.00 bits per heavy atom. The molecule has 0 saturated carbocycles. The highest BCUT2D eigenvalue weighted by Gasteiger charge is 2.15. The molecule has 0 radical (unpaired) electrons. The Labute approximate surface area is 127 Å². The molecule has 0 amide bonds. The monoisotopic (exact) mass is 310 g/mol. The molecule has 1 aromatic carbocycles. The first kappa shape index (κ1) is 15.4. The number of nitro benzene ring substituents is 1. The second-order valence-electron chi connectivity index (χ2n) is 4.81. The van der Waals surface area contributed by atoms with E-state index in [0.29, 0.717) is 29.4 Å². The normalized spacial score (nSPS) is 17.4. The number of fused-ring (bicyclic) bond motifs is 1. The van der Waals surface area contributed by atoms with Crippen molar-refractivity contribution >= 4 is 29.1 Å². The van der Waals surface area contributed by atoms with Crippen molar-refractivity contribution in [3.63, 3.8) is 0 Å². The number of nitrogens with zero attached hydrogens (tertiary/aromatic N) is 3. The van der Waals surface area contributed by atoms with Crippen LogP contribution in [0.1, 0.15) is 6.42 Å². The molecule has 3 rings (SSSR count). The van der Waals surface area contributed by atoms with Gasteiger partial charge in [-0.3, -0.25) is 10.1 Å². The van der Waals surface area contributed by atoms with Gasteiger partial charge in [0.05, 0.1) is 28.8 Å². The zero-order valence-electron chi connectivity index (χ0n) is 11.2. The molecule has 7 nitrogen and oxygen atoms in total. The van der Waals surface area contributed by atoms with Gasteiger partial charge in [-0.15, -0.1) is 12.4 Å². The van der Waals surface area contributed by atoms with Crippen LogP contribution in [0.3, 0.4) is 0 Å². The Balaban J connectivity index is 0.00000161. The van der Waals surface area contributed by atoms with Crippen molar-refractivity contribution in [1.29, 1.82) is 0 Å². The minimum absolute atomic E-state index is 0. The first-order valence-electron chi connectivity index (χ1n) is 6.47. The summed E-state index contributed by atoms with van der Waals surface area (Å²) in [5.74, 6) is 0.961. The maximum Gasteiger partial charge on any atom is 0.271 e. The summed E-state index contributed by atoms with van der Waals surface area (Å²) in [5.41, 5.74) is 1.10. The largest absolute Gasteiger partial charge is 0.476 e. The van der Waals surface area contributed by atoms with E-state index in [2.05, 4.69) is 15.3 Å². The Hall–Kier alpha value is -1.99. The number of nitrogens with one attached hydrogen (secondary N) is 1. The fourth-order valence-corrected chi connectivity index (χ4v) is 2.23. The molecule has 1 aliphatic heterocycles. The quantitative estimate of drug-likeness (QED) is 0.685. The predicted molar refractivity (Wildman–Crippen MR) is 79.9 cm³/mol. The molecule has 1 aromatic heterocycles. The summed E-state index contributed by atoms with van der Waals surface area (Å²) in [6, 6.07) is 4.42. The minimum Gasteiger partial charge on any atom is -0.476 e. The molecule has 1 aliphatic rings. The third-order valence-corrected chi connectivity index (χ3v) is 3.34. The van der Waals surface area contributed by atoms with E-state index in [9.17, 15) is 10.1 Å². The number of benzene rings is 1. The van der Waals surface area contributed by atoms with Crippen LogP contribution in [0.4, 0.5) is 5.69 Å². The molecule has 1 N–H and O–H groups in total. The highest BCUT2D eigenvalue weighted by molar-refractivity contribution is 5.85. The summed E-state index contributed by atoms with van der Waals surface area (Å²) in [4.78, 5) is 18.7. The molecule has 1 unspecified atom stereocenters. The summed E-state index contributed by atoms with van der Waals surface area (Å²) < 4.78 is 5.63. The molecule has 1 atom stereocenters. The lowest BCUT2D eigenvalue weighted by molar-refractivity contribution is -0.384. The number of aromatic nitrogens is 2. The van der Waals surface area contributed by atoms with E-state index < -0.39 is 4.92 Å². The van der Waals surface area contributed by atoms with Crippen LogP contribution in [-0.2, 0) is 0 Å². The molecule has 2 heterocycles. The fourth-order valence-electron chi connectivity index (χ4n) is 2.23. The molecular formula is C13H15ClN4O3. The van der Waals surface area contributed by atoms with Crippen LogP contribution in [-0.4, -0.2) is 34.6 Å². The first-order valence-corrected chi connectivity index (χ1v) is 6.47. The van der Waals surface area contributed by atoms with Crippen LogP contribution < -0.4 is 10.1 Å². The number of rotatable bonds is 4. The second kappa shape index (κ2) is 6.64. The molecule has 8 heteroatoms. The summed E-state index contributed by atoms with van der Waals surface area (Å²) in [6.45, 7) is 2.61. The van der Waals surface area contributed by atoms with E-state index in [-0.39, 0.29) is 18.1 Å². The number of hydrogen-bond acceptors (Lipinski definition) is 6. The van der Waals surface area contributed by atoms with Crippen LogP contribution in [0.25, 0.3) is 11.0 Å². The maximum atomic E-state index is 10.7. The van der Waals surface area contributed by atoms with E-state index in [4.69, 9.17) is 4.74 Å². The first-order chi connectivity index (χ1) is 9.72. The van der Waals surface area contributed by atoms with Crippen molar-refractivity contribution in [2.45, 2.75) is 6.42 Å². The SMILES string of the molecule is Cl.O=[N+]([O-])c1ccc2nc(OCC3CCNC3)cnc2c1. The summed E-state index contributed by atoms with van der Waals surface area (Å²) in [7, 11) is 0. The van der Waals surface area contributed by atoms with Gasteiger partial charge in [-0.25, -0.2) is 9.97 Å². The standard InChI is InChI=1S/C13H14N4O3.ClH/c18-17(19)10-1-2-11-12(5-10)15-7-13(16-11)20-8-9-3-4-14-6-9;/h1-2,5,7,9,14H,3-4,6,8H2;1H. The molecule has 0 aliphatic carbocycles. The van der Waals surface area contributed by atoms with E-state index in [1.165, 1.54) is 18.3 Å². The molecule has 112 valence electrons. The fraction of sp³-hybridized carbons (Fsp3) is 0.385. The van der Waals surface area contributed by atoms with Crippen molar-refractivity contribution in [1.82, 2.24) is 15.3 Å². The lowest BCUT2D eigenvalue weighted by Crippen LogP contribution is -2.15. The third kappa shape index (κ3) is 3.56. The Morgan fingerprint density at radius 1 is 1.43 bits per heavy atom. The average molecular weight is 311 g/mol. The van der Waals surface area contributed by atoms with Crippen molar-refractivity contribution in [2.75, 3.05) is 19.7 Å². The van der Waals surface area contributed by atoms with E-state index in [1.807, 2.05) is 0 Å². The lowest BCUT2D eigenvalue weighted by atomic mass is 10.1. The molecule has 21 heavy (non-hydrogen) atoms. The van der Waals surface area contributed by atoms with Crippen LogP contribution in [0.5, 0.6) is 5.88 Å². The van der Waals surface area contributed by atoms with Gasteiger partial charge in [0, 0.05) is 24.6 Å². The summed E-state index contributed by atoms with van der Waals surface area (Å²) >= 11 is 0. The molecule has 2 aromatic rings. The molecule has 0 bridgehead atoms. The van der Waals surface area contributed by atoms with Gasteiger partial charge in [-0.2, -0.15) is 0 Å². The average Bonchev–Trinajstić information content (AvgIpc) is 2.97. The van der Waals surface area contributed by atoms with E-state index in [1.54, 1.807) is 6.07 Å². The highest BCUT2D eigenvalue weighted by atomic mass is 35.5. The van der Waals surface area contributed by atoms with E-state index >= 15 is 0 Å². The van der Waals surface area contributed by atoms with E-state index in [0.717, 1.165) is 19.5 Å². The zero-order chi connectivity index (χ0) is 13.9. The van der Waals surface area contributed by atoms with Gasteiger partial charge < -0.3 is 10.1 Å². The van der Waals surface area contributed by atoms with Crippen molar-refractivity contribution < 1.29 is 9.66 Å². The maximum absolute atomic E-state index is 10.7. The van der Waals surface area contributed by atoms with Gasteiger partial charge in [0.2, 0.25) is 5.88 Å². The van der Waals surface area contributed by atoms with Crippen LogP contribution in [0, 0.1) is 16.0 Å². The van der Waals surface area contributed by atoms with Gasteiger partial charge >= 0.3 is 0 Å². The number of non-ortho nitro benzene ring substituents is 1. The van der Waals surface area contributed by atoms with Crippen LogP contribution >= 0.6 is 12.4 Å². The number of halogens is 1. The van der Waals surface area contributed by atoms with Gasteiger partial charge in [-0.05, 0) is 19.0 Å². The van der Waals surface area contributed by atoms with Gasteiger partial charge in [0.25, 0.3) is 5.69 Å². The van der Waals surface area contributed by atoms with Crippen LogP contribution in [0.2, 0.25) is 0 Å². The number of hydrogen-bond donors (Lipinski definition) is 1. The topological polar surface area (TPSA) is 90.2 Å². The van der Waals surface area contributed by atoms with Gasteiger partial charge in [0.1, 0.15) is 0 Å². The van der Waals surface area contributed by atoms with Gasteiger partial charge in [0.15, 0.2) is 0 Å². The predicted octanol–water partition coefficient (Wildman–Crippen LogP) is 1.95. The zero-order valence-corrected chi connectivity index (χ0v) is 12.0. The van der Waals surface area contributed by atoms with Crippen molar-refractivity contribution in [3.8, 4) is 5.88 Å². The second-order valence-corrected chi connectivity index (χ2v) is 4.81. The molecule has 1 fully saturated rings. The molecular weight excluding hydrogens is 296 g/mol. The van der Waals surface area contributed by atoms with Crippen molar-refractivity contribution in [2.24, 2.45) is 5.92 Å². The van der Waals surface area contributed by atoms with Crippen molar-refractivity contribution in [3.05, 3.63) is 34.5 Å². The number of nitro groups is 1. The Morgan fingerprint density at radius 2 is 2.29 bits per heavy atom.